The van der Waals surface area contributed by atoms with E-state index in [-0.39, 0.29) is 0 Å². The third-order valence-corrected chi connectivity index (χ3v) is 6.36. The fourth-order valence-corrected chi connectivity index (χ4v) is 4.65. The van der Waals surface area contributed by atoms with Crippen LogP contribution in [0.2, 0.25) is 4.34 Å². The summed E-state index contributed by atoms with van der Waals surface area (Å²) < 4.78 is 27.4. The largest absolute Gasteiger partial charge is 0.306 e. The van der Waals surface area contributed by atoms with Gasteiger partial charge in [0.15, 0.2) is 0 Å². The summed E-state index contributed by atoms with van der Waals surface area (Å²) >= 11 is 6.84. The first kappa shape index (κ1) is 14.3. The topological polar surface area (TPSA) is 49.4 Å². The van der Waals surface area contributed by atoms with Gasteiger partial charge in [0.05, 0.1) is 4.34 Å². The molecule has 1 saturated heterocycles. The molecule has 0 aliphatic carbocycles. The average Bonchev–Trinajstić information content (AvgIpc) is 2.76. The molecular formula is C11H17ClN2O2S2. The van der Waals surface area contributed by atoms with Crippen LogP contribution in [0.4, 0.5) is 0 Å². The number of hydrogen-bond acceptors (Lipinski definition) is 4. The predicted octanol–water partition coefficient (Wildman–Crippen LogP) is 2.02. The first-order valence-electron chi connectivity index (χ1n) is 5.91. The lowest BCUT2D eigenvalue weighted by molar-refractivity contribution is 0.220. The van der Waals surface area contributed by atoms with Crippen molar-refractivity contribution in [1.29, 1.82) is 0 Å². The van der Waals surface area contributed by atoms with E-state index in [0.29, 0.717) is 21.0 Å². The molecule has 102 valence electrons. The van der Waals surface area contributed by atoms with Crippen LogP contribution in [0.25, 0.3) is 0 Å². The molecule has 0 saturated carbocycles. The molecule has 7 heteroatoms. The summed E-state index contributed by atoms with van der Waals surface area (Å²) in [5.41, 5.74) is 0. The first-order valence-corrected chi connectivity index (χ1v) is 8.59. The molecule has 0 aromatic carbocycles. The third kappa shape index (κ3) is 3.68. The van der Waals surface area contributed by atoms with E-state index in [4.69, 9.17) is 11.6 Å². The maximum atomic E-state index is 12.0. The van der Waals surface area contributed by atoms with Gasteiger partial charge in [-0.1, -0.05) is 11.6 Å². The van der Waals surface area contributed by atoms with E-state index in [1.165, 1.54) is 0 Å². The van der Waals surface area contributed by atoms with E-state index in [1.807, 2.05) is 0 Å². The Morgan fingerprint density at radius 2 is 2.11 bits per heavy atom. The Hall–Kier alpha value is -0.140. The normalized spacial score (nSPS) is 19.2. The summed E-state index contributed by atoms with van der Waals surface area (Å²) in [5, 5.41) is 0. The maximum Gasteiger partial charge on any atom is 0.250 e. The van der Waals surface area contributed by atoms with Crippen LogP contribution in [0.3, 0.4) is 0 Å². The Bertz CT molecular complexity index is 493. The summed E-state index contributed by atoms with van der Waals surface area (Å²) in [7, 11) is -1.29. The van der Waals surface area contributed by atoms with Crippen molar-refractivity contribution in [2.24, 2.45) is 5.92 Å². The van der Waals surface area contributed by atoms with Crippen LogP contribution in [0, 0.1) is 5.92 Å². The molecule has 0 unspecified atom stereocenters. The molecule has 0 spiro atoms. The minimum atomic E-state index is -3.38. The molecule has 1 fully saturated rings. The van der Waals surface area contributed by atoms with Crippen LogP contribution in [0.5, 0.6) is 0 Å². The second-order valence-corrected chi connectivity index (χ2v) is 8.37. The predicted molar refractivity (Wildman–Crippen MR) is 74.7 cm³/mol. The van der Waals surface area contributed by atoms with Crippen molar-refractivity contribution in [3.63, 3.8) is 0 Å². The highest BCUT2D eigenvalue weighted by atomic mass is 35.5. The zero-order chi connectivity index (χ0) is 13.2. The highest BCUT2D eigenvalue weighted by Gasteiger charge is 2.21. The third-order valence-electron chi connectivity index (χ3n) is 3.21. The lowest BCUT2D eigenvalue weighted by atomic mass is 9.98. The molecule has 1 aliphatic rings. The maximum absolute atomic E-state index is 12.0. The molecule has 2 rings (SSSR count). The van der Waals surface area contributed by atoms with Gasteiger partial charge in [0.1, 0.15) is 4.21 Å². The Morgan fingerprint density at radius 1 is 1.44 bits per heavy atom. The number of nitrogens with one attached hydrogen (secondary N) is 1. The summed E-state index contributed by atoms with van der Waals surface area (Å²) in [6.45, 7) is 2.60. The van der Waals surface area contributed by atoms with Gasteiger partial charge in [0.2, 0.25) is 10.0 Å². The van der Waals surface area contributed by atoms with Gasteiger partial charge in [0, 0.05) is 6.54 Å². The van der Waals surface area contributed by atoms with Crippen molar-refractivity contribution in [3.05, 3.63) is 16.5 Å². The molecule has 1 aromatic heterocycles. The summed E-state index contributed by atoms with van der Waals surface area (Å²) in [4.78, 5) is 2.27. The van der Waals surface area contributed by atoms with Crippen LogP contribution in [-0.2, 0) is 10.0 Å². The summed E-state index contributed by atoms with van der Waals surface area (Å²) in [5.74, 6) is 0.436. The molecule has 2 heterocycles. The number of likely N-dealkylation sites (tertiary alicyclic amines) is 1. The molecule has 1 aliphatic heterocycles. The van der Waals surface area contributed by atoms with Gasteiger partial charge >= 0.3 is 0 Å². The molecular weight excluding hydrogens is 292 g/mol. The number of halogens is 1. The smallest absolute Gasteiger partial charge is 0.250 e. The monoisotopic (exact) mass is 308 g/mol. The lowest BCUT2D eigenvalue weighted by Gasteiger charge is -2.28. The standard InChI is InChI=1S/C11H17ClN2O2S2/c1-14-6-4-9(5-7-14)8-13-18(15,16)11-3-2-10(12)17-11/h2-3,9,13H,4-8H2,1H3. The number of hydrogen-bond donors (Lipinski definition) is 1. The van der Waals surface area contributed by atoms with Gasteiger partial charge in [-0.05, 0) is 51.0 Å². The fourth-order valence-electron chi connectivity index (χ4n) is 2.01. The van der Waals surface area contributed by atoms with E-state index < -0.39 is 10.0 Å². The van der Waals surface area contributed by atoms with Gasteiger partial charge in [-0.15, -0.1) is 11.3 Å². The molecule has 0 atom stereocenters. The van der Waals surface area contributed by atoms with Gasteiger partial charge in [0.25, 0.3) is 0 Å². The number of piperidine rings is 1. The number of thiophene rings is 1. The molecule has 1 aromatic rings. The Labute approximate surface area is 117 Å². The Kier molecular flexibility index (Phi) is 4.66. The van der Waals surface area contributed by atoms with Gasteiger partial charge in [-0.2, -0.15) is 0 Å². The van der Waals surface area contributed by atoms with Crippen molar-refractivity contribution < 1.29 is 8.42 Å². The highest BCUT2D eigenvalue weighted by molar-refractivity contribution is 7.91. The zero-order valence-electron chi connectivity index (χ0n) is 10.2. The molecule has 1 N–H and O–H groups in total. The van der Waals surface area contributed by atoms with Crippen molar-refractivity contribution >= 4 is 33.0 Å². The van der Waals surface area contributed by atoms with Crippen LogP contribution in [0.15, 0.2) is 16.3 Å². The van der Waals surface area contributed by atoms with Crippen molar-refractivity contribution in [2.75, 3.05) is 26.7 Å². The first-order chi connectivity index (χ1) is 8.47. The van der Waals surface area contributed by atoms with Gasteiger partial charge in [-0.25, -0.2) is 13.1 Å². The van der Waals surface area contributed by atoms with Gasteiger partial charge < -0.3 is 4.90 Å². The summed E-state index contributed by atoms with van der Waals surface area (Å²) in [6, 6.07) is 3.15. The zero-order valence-corrected chi connectivity index (χ0v) is 12.6. The second-order valence-electron chi connectivity index (χ2n) is 4.66. The van der Waals surface area contributed by atoms with Crippen LogP contribution in [0.1, 0.15) is 12.8 Å². The molecule has 0 radical (unpaired) electrons. The van der Waals surface area contributed by atoms with E-state index in [2.05, 4.69) is 16.7 Å². The van der Waals surface area contributed by atoms with Crippen molar-refractivity contribution in [3.8, 4) is 0 Å². The van der Waals surface area contributed by atoms with E-state index in [9.17, 15) is 8.42 Å². The molecule has 0 amide bonds. The van der Waals surface area contributed by atoms with Crippen LogP contribution in [-0.4, -0.2) is 40.0 Å². The average molecular weight is 309 g/mol. The Balaban J connectivity index is 1.90. The Morgan fingerprint density at radius 3 is 2.67 bits per heavy atom. The van der Waals surface area contributed by atoms with E-state index >= 15 is 0 Å². The quantitative estimate of drug-likeness (QED) is 0.926. The van der Waals surface area contributed by atoms with E-state index in [1.54, 1.807) is 12.1 Å². The second kappa shape index (κ2) is 5.88. The SMILES string of the molecule is CN1CCC(CNS(=O)(=O)c2ccc(Cl)s2)CC1. The number of sulfonamides is 1. The van der Waals surface area contributed by atoms with Crippen LogP contribution >= 0.6 is 22.9 Å². The molecule has 18 heavy (non-hydrogen) atoms. The lowest BCUT2D eigenvalue weighted by Crippen LogP contribution is -2.36. The minimum Gasteiger partial charge on any atom is -0.306 e. The van der Waals surface area contributed by atoms with Crippen molar-refractivity contribution in [2.45, 2.75) is 17.1 Å². The number of nitrogens with zero attached hydrogens (tertiary/aromatic N) is 1. The molecule has 0 bridgehead atoms. The number of rotatable bonds is 4. The van der Waals surface area contributed by atoms with Crippen LogP contribution < -0.4 is 4.72 Å². The van der Waals surface area contributed by atoms with Crippen molar-refractivity contribution in [1.82, 2.24) is 9.62 Å². The fraction of sp³-hybridized carbons (Fsp3) is 0.636. The highest BCUT2D eigenvalue weighted by Crippen LogP contribution is 2.25. The summed E-state index contributed by atoms with van der Waals surface area (Å²) in [6.07, 6.45) is 2.09. The molecule has 4 nitrogen and oxygen atoms in total. The minimum absolute atomic E-state index is 0.292. The van der Waals surface area contributed by atoms with Gasteiger partial charge in [-0.3, -0.25) is 0 Å². The van der Waals surface area contributed by atoms with E-state index in [0.717, 1.165) is 37.3 Å².